The molecular formula is C34H47O6S2-. The molecule has 3 aliphatic carbocycles. The molecule has 3 saturated carbocycles. The SMILES string of the molecule is Cc1cc(S(=O)(=O)[O-])c(C(C)C)cc1OS(=O)(=O)c1c(C2CCCCC2)cc(C2CCCCC2)cc1C1CCCCC1. The van der Waals surface area contributed by atoms with E-state index in [0.717, 1.165) is 75.3 Å². The van der Waals surface area contributed by atoms with E-state index in [1.807, 2.05) is 0 Å². The monoisotopic (exact) mass is 615 g/mol. The molecule has 6 nitrogen and oxygen atoms in total. The van der Waals surface area contributed by atoms with Crippen LogP contribution in [-0.4, -0.2) is 21.4 Å². The highest BCUT2D eigenvalue weighted by Crippen LogP contribution is 2.46. The standard InChI is InChI=1S/C34H48O6S2/c1-23(2)29-22-32(24(3)19-33(29)41(35,36)37)40-42(38,39)34-30(26-15-9-5-10-16-26)20-28(25-13-7-4-8-14-25)21-31(34)27-17-11-6-12-18-27/h19-23,25-27H,4-18H2,1-3H3,(H,35,36,37)/p-1. The van der Waals surface area contributed by atoms with E-state index in [2.05, 4.69) is 12.1 Å². The van der Waals surface area contributed by atoms with E-state index in [4.69, 9.17) is 4.18 Å². The molecule has 0 aromatic heterocycles. The fraction of sp³-hybridized carbons (Fsp3) is 0.647. The zero-order valence-electron chi connectivity index (χ0n) is 25.5. The predicted molar refractivity (Wildman–Crippen MR) is 165 cm³/mol. The molecule has 0 radical (unpaired) electrons. The Morgan fingerprint density at radius 2 is 1.14 bits per heavy atom. The molecule has 42 heavy (non-hydrogen) atoms. The third-order valence-electron chi connectivity index (χ3n) is 9.98. The number of hydrogen-bond donors (Lipinski definition) is 0. The van der Waals surface area contributed by atoms with E-state index in [-0.39, 0.29) is 34.0 Å². The van der Waals surface area contributed by atoms with Crippen molar-refractivity contribution in [3.63, 3.8) is 0 Å². The molecule has 0 heterocycles. The Hall–Kier alpha value is -1.90. The van der Waals surface area contributed by atoms with Gasteiger partial charge < -0.3 is 8.74 Å². The van der Waals surface area contributed by atoms with E-state index >= 15 is 0 Å². The second-order valence-corrected chi connectivity index (χ2v) is 16.2. The van der Waals surface area contributed by atoms with Gasteiger partial charge in [-0.15, -0.1) is 0 Å². The van der Waals surface area contributed by atoms with E-state index in [0.29, 0.717) is 16.4 Å². The summed E-state index contributed by atoms with van der Waals surface area (Å²) in [4.78, 5) is 0.0363. The summed E-state index contributed by atoms with van der Waals surface area (Å²) in [6, 6.07) is 7.14. The Kier molecular flexibility index (Phi) is 9.75. The van der Waals surface area contributed by atoms with Gasteiger partial charge in [-0.2, -0.15) is 8.42 Å². The first-order chi connectivity index (χ1) is 20.0. The lowest BCUT2D eigenvalue weighted by Crippen LogP contribution is -2.21. The van der Waals surface area contributed by atoms with Crippen molar-refractivity contribution in [2.24, 2.45) is 0 Å². The minimum absolute atomic E-state index is 0.0895. The zero-order valence-corrected chi connectivity index (χ0v) is 27.1. The van der Waals surface area contributed by atoms with Crippen molar-refractivity contribution in [3.8, 4) is 5.75 Å². The van der Waals surface area contributed by atoms with Crippen LogP contribution in [0.4, 0.5) is 0 Å². The maximum absolute atomic E-state index is 14.5. The first-order valence-corrected chi connectivity index (χ1v) is 19.0. The van der Waals surface area contributed by atoms with Gasteiger partial charge in [0.25, 0.3) is 0 Å². The second-order valence-electron chi connectivity index (χ2n) is 13.3. The molecular weight excluding hydrogens is 569 g/mol. The molecule has 8 heteroatoms. The van der Waals surface area contributed by atoms with Crippen LogP contribution in [-0.2, 0) is 20.2 Å². The molecule has 2 aromatic carbocycles. The molecule has 3 fully saturated rings. The third-order valence-corrected chi connectivity index (χ3v) is 12.2. The largest absolute Gasteiger partial charge is 0.744 e. The highest BCUT2D eigenvalue weighted by atomic mass is 32.2. The number of benzene rings is 2. The molecule has 232 valence electrons. The molecule has 0 atom stereocenters. The second kappa shape index (κ2) is 13.0. The predicted octanol–water partition coefficient (Wildman–Crippen LogP) is 8.93. The van der Waals surface area contributed by atoms with Crippen LogP contribution in [0, 0.1) is 6.92 Å². The molecule has 0 spiro atoms. The fourth-order valence-corrected chi connectivity index (χ4v) is 10.1. The summed E-state index contributed by atoms with van der Waals surface area (Å²) < 4.78 is 71.1. The summed E-state index contributed by atoms with van der Waals surface area (Å²) in [7, 11) is -8.99. The number of aryl methyl sites for hydroxylation is 1. The van der Waals surface area contributed by atoms with Crippen molar-refractivity contribution in [1.82, 2.24) is 0 Å². The molecule has 0 bridgehead atoms. The van der Waals surface area contributed by atoms with Crippen LogP contribution < -0.4 is 4.18 Å². The number of rotatable bonds is 8. The summed E-state index contributed by atoms with van der Waals surface area (Å²) in [6.45, 7) is 5.16. The lowest BCUT2D eigenvalue weighted by atomic mass is 9.76. The normalized spacial score (nSPS) is 20.2. The fourth-order valence-electron chi connectivity index (χ4n) is 7.69. The summed E-state index contributed by atoms with van der Waals surface area (Å²) in [5.74, 6) is 0.613. The molecule has 0 aliphatic heterocycles. The first kappa shape index (κ1) is 31.5. The summed E-state index contributed by atoms with van der Waals surface area (Å²) >= 11 is 0. The highest BCUT2D eigenvalue weighted by molar-refractivity contribution is 7.87. The van der Waals surface area contributed by atoms with Crippen molar-refractivity contribution in [2.75, 3.05) is 0 Å². The quantitative estimate of drug-likeness (QED) is 0.217. The summed E-state index contributed by atoms with van der Waals surface area (Å²) in [5, 5.41) is 0. The van der Waals surface area contributed by atoms with Crippen LogP contribution >= 0.6 is 0 Å². The van der Waals surface area contributed by atoms with Gasteiger partial charge in [0, 0.05) is 0 Å². The third kappa shape index (κ3) is 6.91. The topological polar surface area (TPSA) is 101 Å². The smallest absolute Gasteiger partial charge is 0.339 e. The highest BCUT2D eigenvalue weighted by Gasteiger charge is 2.35. The van der Waals surface area contributed by atoms with Crippen LogP contribution in [0.15, 0.2) is 34.1 Å². The van der Waals surface area contributed by atoms with Crippen molar-refractivity contribution in [2.45, 2.75) is 151 Å². The van der Waals surface area contributed by atoms with Crippen molar-refractivity contribution < 1.29 is 25.6 Å². The van der Waals surface area contributed by atoms with Gasteiger partial charge in [-0.3, -0.25) is 0 Å². The molecule has 5 rings (SSSR count). The maximum Gasteiger partial charge on any atom is 0.339 e. The summed E-state index contributed by atoms with van der Waals surface area (Å²) in [5.41, 5.74) is 3.75. The Labute approximate surface area is 253 Å². The van der Waals surface area contributed by atoms with E-state index in [1.165, 1.54) is 49.8 Å². The van der Waals surface area contributed by atoms with Crippen LogP contribution in [0.3, 0.4) is 0 Å². The molecule has 3 aliphatic rings. The molecule has 0 N–H and O–H groups in total. The molecule has 0 unspecified atom stereocenters. The molecule has 0 amide bonds. The molecule has 2 aromatic rings. The van der Waals surface area contributed by atoms with E-state index in [9.17, 15) is 21.4 Å². The van der Waals surface area contributed by atoms with Crippen molar-refractivity contribution >= 4 is 20.2 Å². The Morgan fingerprint density at radius 1 is 0.690 bits per heavy atom. The van der Waals surface area contributed by atoms with E-state index in [1.54, 1.807) is 20.8 Å². The van der Waals surface area contributed by atoms with Gasteiger partial charge in [0.05, 0.1) is 4.90 Å². The van der Waals surface area contributed by atoms with Gasteiger partial charge in [-0.25, -0.2) is 8.42 Å². The lowest BCUT2D eigenvalue weighted by molar-refractivity contribution is 0.414. The van der Waals surface area contributed by atoms with Crippen LogP contribution in [0.2, 0.25) is 0 Å². The van der Waals surface area contributed by atoms with Crippen LogP contribution in [0.1, 0.15) is 162 Å². The maximum atomic E-state index is 14.5. The Balaban J connectivity index is 1.67. The molecule has 0 saturated heterocycles. The van der Waals surface area contributed by atoms with E-state index < -0.39 is 20.2 Å². The van der Waals surface area contributed by atoms with Gasteiger partial charge in [0.15, 0.2) is 0 Å². The zero-order chi connectivity index (χ0) is 30.1. The number of hydrogen-bond acceptors (Lipinski definition) is 6. The minimum atomic E-state index is -4.73. The van der Waals surface area contributed by atoms with Gasteiger partial charge in [0.1, 0.15) is 20.8 Å². The average Bonchev–Trinajstić information content (AvgIpc) is 2.98. The Bertz CT molecular complexity index is 1440. The van der Waals surface area contributed by atoms with Gasteiger partial charge >= 0.3 is 10.1 Å². The van der Waals surface area contributed by atoms with Gasteiger partial charge in [0.2, 0.25) is 0 Å². The van der Waals surface area contributed by atoms with Gasteiger partial charge in [-0.1, -0.05) is 83.8 Å². The van der Waals surface area contributed by atoms with Crippen molar-refractivity contribution in [3.05, 3.63) is 52.1 Å². The van der Waals surface area contributed by atoms with Crippen LogP contribution in [0.25, 0.3) is 0 Å². The van der Waals surface area contributed by atoms with Gasteiger partial charge in [-0.05, 0) is 109 Å². The van der Waals surface area contributed by atoms with Crippen molar-refractivity contribution in [1.29, 1.82) is 0 Å². The Morgan fingerprint density at radius 3 is 1.57 bits per heavy atom. The first-order valence-electron chi connectivity index (χ1n) is 16.2. The minimum Gasteiger partial charge on any atom is -0.744 e. The average molecular weight is 616 g/mol. The lowest BCUT2D eigenvalue weighted by Gasteiger charge is -2.32. The summed E-state index contributed by atoms with van der Waals surface area (Å²) in [6.07, 6.45) is 16.7. The van der Waals surface area contributed by atoms with Crippen LogP contribution in [0.5, 0.6) is 5.75 Å².